The number of nitrogens with one attached hydrogen (secondary N) is 1. The monoisotopic (exact) mass is 253 g/mol. The van der Waals surface area contributed by atoms with Crippen LogP contribution in [-0.2, 0) is 0 Å². The van der Waals surface area contributed by atoms with Crippen LogP contribution in [0.25, 0.3) is 0 Å². The minimum absolute atomic E-state index is 0.172. The molecule has 1 aliphatic rings. The minimum atomic E-state index is 0.172. The molecule has 0 aromatic heterocycles. The van der Waals surface area contributed by atoms with Crippen molar-refractivity contribution in [3.05, 3.63) is 12.2 Å². The van der Waals surface area contributed by atoms with E-state index in [1.807, 2.05) is 0 Å². The molecule has 1 rings (SSSR count). The molecule has 3 heteroatoms. The van der Waals surface area contributed by atoms with E-state index in [9.17, 15) is 0 Å². The summed E-state index contributed by atoms with van der Waals surface area (Å²) < 4.78 is 0. The number of piperazine rings is 1. The highest BCUT2D eigenvalue weighted by Crippen LogP contribution is 2.14. The molecule has 18 heavy (non-hydrogen) atoms. The standard InChI is InChI=1S/C15H31N3/c1-12(8-16-15(4,5)6)9-18-10-13(2)17(7)14(3)11-18/h13-14,16H,1,8-11H2,2-7H3. The van der Waals surface area contributed by atoms with E-state index in [1.54, 1.807) is 0 Å². The molecule has 0 aromatic carbocycles. The van der Waals surface area contributed by atoms with Crippen molar-refractivity contribution in [3.63, 3.8) is 0 Å². The third kappa shape index (κ3) is 5.09. The molecule has 1 heterocycles. The van der Waals surface area contributed by atoms with Gasteiger partial charge in [-0.25, -0.2) is 0 Å². The predicted octanol–water partition coefficient (Wildman–Crippen LogP) is 1.96. The van der Waals surface area contributed by atoms with Crippen molar-refractivity contribution in [2.24, 2.45) is 0 Å². The molecule has 0 bridgehead atoms. The Morgan fingerprint density at radius 2 is 1.72 bits per heavy atom. The highest BCUT2D eigenvalue weighted by Gasteiger charge is 2.26. The second-order valence-electron chi connectivity index (χ2n) is 6.91. The fourth-order valence-electron chi connectivity index (χ4n) is 2.41. The number of rotatable bonds is 4. The van der Waals surface area contributed by atoms with Gasteiger partial charge in [0.2, 0.25) is 0 Å². The molecule has 3 nitrogen and oxygen atoms in total. The second kappa shape index (κ2) is 6.18. The Kier molecular flexibility index (Phi) is 5.38. The SMILES string of the molecule is C=C(CNC(C)(C)C)CN1CC(C)N(C)C(C)C1. The van der Waals surface area contributed by atoms with E-state index in [1.165, 1.54) is 5.57 Å². The van der Waals surface area contributed by atoms with Crippen molar-refractivity contribution in [1.82, 2.24) is 15.1 Å². The van der Waals surface area contributed by atoms with Gasteiger partial charge in [0.25, 0.3) is 0 Å². The van der Waals surface area contributed by atoms with Gasteiger partial charge in [-0.2, -0.15) is 0 Å². The molecule has 1 saturated heterocycles. The zero-order valence-electron chi connectivity index (χ0n) is 13.1. The normalized spacial score (nSPS) is 27.4. The molecule has 0 radical (unpaired) electrons. The highest BCUT2D eigenvalue weighted by molar-refractivity contribution is 5.02. The Balaban J connectivity index is 2.37. The topological polar surface area (TPSA) is 18.5 Å². The lowest BCUT2D eigenvalue weighted by Gasteiger charge is -2.42. The summed E-state index contributed by atoms with van der Waals surface area (Å²) in [4.78, 5) is 4.99. The van der Waals surface area contributed by atoms with Gasteiger partial charge in [-0.15, -0.1) is 0 Å². The summed E-state index contributed by atoms with van der Waals surface area (Å²) in [5.74, 6) is 0. The van der Waals surface area contributed by atoms with Crippen LogP contribution in [0.15, 0.2) is 12.2 Å². The van der Waals surface area contributed by atoms with E-state index < -0.39 is 0 Å². The third-order valence-electron chi connectivity index (χ3n) is 3.75. The summed E-state index contributed by atoms with van der Waals surface area (Å²) in [6.07, 6.45) is 0. The van der Waals surface area contributed by atoms with E-state index in [-0.39, 0.29) is 5.54 Å². The fraction of sp³-hybridized carbons (Fsp3) is 0.867. The first kappa shape index (κ1) is 15.7. The molecule has 1 aliphatic heterocycles. The Morgan fingerprint density at radius 3 is 2.17 bits per heavy atom. The first-order valence-electron chi connectivity index (χ1n) is 7.05. The number of hydrogen-bond acceptors (Lipinski definition) is 3. The minimum Gasteiger partial charge on any atom is -0.308 e. The first-order valence-corrected chi connectivity index (χ1v) is 7.05. The molecule has 2 unspecified atom stereocenters. The Labute approximate surface area is 113 Å². The second-order valence-corrected chi connectivity index (χ2v) is 6.91. The van der Waals surface area contributed by atoms with Gasteiger partial charge >= 0.3 is 0 Å². The van der Waals surface area contributed by atoms with Crippen LogP contribution in [0.3, 0.4) is 0 Å². The maximum atomic E-state index is 4.20. The van der Waals surface area contributed by atoms with Crippen LogP contribution < -0.4 is 5.32 Å². The highest BCUT2D eigenvalue weighted by atomic mass is 15.3. The molecule has 106 valence electrons. The summed E-state index contributed by atoms with van der Waals surface area (Å²) >= 11 is 0. The van der Waals surface area contributed by atoms with Gasteiger partial charge < -0.3 is 5.32 Å². The van der Waals surface area contributed by atoms with Crippen molar-refractivity contribution < 1.29 is 0 Å². The van der Waals surface area contributed by atoms with Crippen LogP contribution in [0.5, 0.6) is 0 Å². The van der Waals surface area contributed by atoms with Crippen molar-refractivity contribution in [2.75, 3.05) is 33.2 Å². The third-order valence-corrected chi connectivity index (χ3v) is 3.75. The van der Waals surface area contributed by atoms with Gasteiger partial charge in [-0.05, 0) is 47.2 Å². The van der Waals surface area contributed by atoms with E-state index in [0.717, 1.165) is 26.2 Å². The summed E-state index contributed by atoms with van der Waals surface area (Å²) in [5, 5.41) is 3.51. The predicted molar refractivity (Wildman–Crippen MR) is 80.0 cm³/mol. The largest absolute Gasteiger partial charge is 0.308 e. The molecule has 0 spiro atoms. The molecule has 0 aliphatic carbocycles. The Bertz CT molecular complexity index is 268. The average molecular weight is 253 g/mol. The van der Waals surface area contributed by atoms with E-state index >= 15 is 0 Å². The van der Waals surface area contributed by atoms with E-state index in [2.05, 4.69) is 63.4 Å². The lowest BCUT2D eigenvalue weighted by molar-refractivity contribution is 0.0654. The van der Waals surface area contributed by atoms with Crippen molar-refractivity contribution in [2.45, 2.75) is 52.2 Å². The first-order chi connectivity index (χ1) is 8.19. The summed E-state index contributed by atoms with van der Waals surface area (Å²) in [7, 11) is 2.22. The summed E-state index contributed by atoms with van der Waals surface area (Å²) in [5.41, 5.74) is 1.46. The van der Waals surface area contributed by atoms with Gasteiger partial charge in [0.15, 0.2) is 0 Å². The van der Waals surface area contributed by atoms with Crippen molar-refractivity contribution >= 4 is 0 Å². The maximum Gasteiger partial charge on any atom is 0.0204 e. The molecule has 1 fully saturated rings. The van der Waals surface area contributed by atoms with E-state index in [0.29, 0.717) is 12.1 Å². The van der Waals surface area contributed by atoms with Gasteiger partial charge in [0, 0.05) is 43.8 Å². The van der Waals surface area contributed by atoms with Crippen LogP contribution in [0, 0.1) is 0 Å². The fourth-order valence-corrected chi connectivity index (χ4v) is 2.41. The van der Waals surface area contributed by atoms with Crippen LogP contribution in [0.1, 0.15) is 34.6 Å². The summed E-state index contributed by atoms with van der Waals surface area (Å²) in [6, 6.07) is 1.27. The smallest absolute Gasteiger partial charge is 0.0204 e. The zero-order valence-corrected chi connectivity index (χ0v) is 13.1. The molecular formula is C15H31N3. The van der Waals surface area contributed by atoms with E-state index in [4.69, 9.17) is 0 Å². The molecule has 1 N–H and O–H groups in total. The van der Waals surface area contributed by atoms with Crippen LogP contribution in [-0.4, -0.2) is 60.6 Å². The molecule has 2 atom stereocenters. The summed E-state index contributed by atoms with van der Waals surface area (Å²) in [6.45, 7) is 19.6. The molecule has 0 aromatic rings. The van der Waals surface area contributed by atoms with Crippen LogP contribution in [0.2, 0.25) is 0 Å². The average Bonchev–Trinajstić information content (AvgIpc) is 2.22. The molecule has 0 saturated carbocycles. The lowest BCUT2D eigenvalue weighted by atomic mass is 10.1. The van der Waals surface area contributed by atoms with Crippen LogP contribution in [0.4, 0.5) is 0 Å². The molecule has 0 amide bonds. The maximum absolute atomic E-state index is 4.20. The Hall–Kier alpha value is -0.380. The number of nitrogens with zero attached hydrogens (tertiary/aromatic N) is 2. The lowest BCUT2D eigenvalue weighted by Crippen LogP contribution is -2.55. The molecular weight excluding hydrogens is 222 g/mol. The van der Waals surface area contributed by atoms with Crippen molar-refractivity contribution in [1.29, 1.82) is 0 Å². The zero-order chi connectivity index (χ0) is 13.9. The van der Waals surface area contributed by atoms with Gasteiger partial charge in [-0.3, -0.25) is 9.80 Å². The Morgan fingerprint density at radius 1 is 1.22 bits per heavy atom. The van der Waals surface area contributed by atoms with Gasteiger partial charge in [0.1, 0.15) is 0 Å². The van der Waals surface area contributed by atoms with Crippen LogP contribution >= 0.6 is 0 Å². The van der Waals surface area contributed by atoms with Gasteiger partial charge in [0.05, 0.1) is 0 Å². The number of likely N-dealkylation sites (N-methyl/N-ethyl adjacent to an activating group) is 1. The van der Waals surface area contributed by atoms with Crippen molar-refractivity contribution in [3.8, 4) is 0 Å². The number of hydrogen-bond donors (Lipinski definition) is 1. The van der Waals surface area contributed by atoms with Gasteiger partial charge in [-0.1, -0.05) is 6.58 Å². The quantitative estimate of drug-likeness (QED) is 0.773.